The number of fused-ring (bicyclic) bond motifs is 3. The van der Waals surface area contributed by atoms with Gasteiger partial charge in [-0.2, -0.15) is 0 Å². The van der Waals surface area contributed by atoms with E-state index in [1.54, 1.807) is 41.2 Å². The highest BCUT2D eigenvalue weighted by atomic mass is 35.5. The Balaban J connectivity index is 1.82. The maximum atomic E-state index is 13.2. The zero-order valence-electron chi connectivity index (χ0n) is 16.8. The third-order valence-corrected chi connectivity index (χ3v) is 7.01. The van der Waals surface area contributed by atoms with E-state index in [0.29, 0.717) is 27.7 Å². The Morgan fingerprint density at radius 1 is 1.00 bits per heavy atom. The largest absolute Gasteiger partial charge is 0.330 e. The van der Waals surface area contributed by atoms with E-state index in [-0.39, 0.29) is 5.56 Å². The van der Waals surface area contributed by atoms with E-state index < -0.39 is 0 Å². The quantitative estimate of drug-likeness (QED) is 0.375. The van der Waals surface area contributed by atoms with Crippen LogP contribution in [0.1, 0.15) is 5.01 Å². The smallest absolute Gasteiger partial charge is 0.259 e. The predicted molar refractivity (Wildman–Crippen MR) is 130 cm³/mol. The van der Waals surface area contributed by atoms with Crippen LogP contribution < -0.4 is 11.3 Å². The number of hydrogen-bond acceptors (Lipinski definition) is 4. The Kier molecular flexibility index (Phi) is 4.90. The first-order chi connectivity index (χ1) is 14.9. The van der Waals surface area contributed by atoms with Gasteiger partial charge in [-0.3, -0.25) is 9.36 Å². The SMILES string of the molecule is Cn1c(=O)c(-c2ccc(Cl)cc2Cl)cc2c3cc(-c4csc(CN)n4)ccc3n(C)c21. The zero-order valence-corrected chi connectivity index (χ0v) is 19.1. The number of benzene rings is 2. The Morgan fingerprint density at radius 2 is 1.81 bits per heavy atom. The molecule has 2 aromatic carbocycles. The van der Waals surface area contributed by atoms with Crippen LogP contribution in [0.25, 0.3) is 44.3 Å². The lowest BCUT2D eigenvalue weighted by Gasteiger charge is -2.09. The van der Waals surface area contributed by atoms with Crippen molar-refractivity contribution < 1.29 is 0 Å². The van der Waals surface area contributed by atoms with Gasteiger partial charge >= 0.3 is 0 Å². The molecule has 0 amide bonds. The minimum Gasteiger partial charge on any atom is -0.330 e. The van der Waals surface area contributed by atoms with Crippen LogP contribution >= 0.6 is 34.5 Å². The van der Waals surface area contributed by atoms with E-state index in [2.05, 4.69) is 17.1 Å². The van der Waals surface area contributed by atoms with Gasteiger partial charge in [0, 0.05) is 58.5 Å². The minimum atomic E-state index is -0.116. The molecule has 0 saturated carbocycles. The number of nitrogens with two attached hydrogens (primary N) is 1. The van der Waals surface area contributed by atoms with Gasteiger partial charge < -0.3 is 10.3 Å². The molecule has 0 spiro atoms. The molecule has 0 atom stereocenters. The summed E-state index contributed by atoms with van der Waals surface area (Å²) in [5.41, 5.74) is 10.6. The summed E-state index contributed by atoms with van der Waals surface area (Å²) in [7, 11) is 3.75. The van der Waals surface area contributed by atoms with Crippen molar-refractivity contribution in [3.8, 4) is 22.4 Å². The van der Waals surface area contributed by atoms with Gasteiger partial charge in [0.1, 0.15) is 10.7 Å². The van der Waals surface area contributed by atoms with E-state index in [9.17, 15) is 4.79 Å². The number of aromatic nitrogens is 3. The molecule has 0 radical (unpaired) electrons. The van der Waals surface area contributed by atoms with Gasteiger partial charge in [-0.25, -0.2) is 4.98 Å². The summed E-state index contributed by atoms with van der Waals surface area (Å²) in [5, 5.41) is 5.90. The van der Waals surface area contributed by atoms with E-state index in [1.807, 2.05) is 29.1 Å². The molecule has 8 heteroatoms. The van der Waals surface area contributed by atoms with Gasteiger partial charge in [0.15, 0.2) is 0 Å². The first kappa shape index (κ1) is 20.3. The number of halogens is 2. The average Bonchev–Trinajstić information content (AvgIpc) is 3.34. The van der Waals surface area contributed by atoms with E-state index in [0.717, 1.165) is 38.2 Å². The fourth-order valence-corrected chi connectivity index (χ4v) is 5.28. The van der Waals surface area contributed by atoms with E-state index in [4.69, 9.17) is 28.9 Å². The van der Waals surface area contributed by atoms with Gasteiger partial charge in [0.2, 0.25) is 0 Å². The van der Waals surface area contributed by atoms with E-state index >= 15 is 0 Å². The molecule has 0 fully saturated rings. The highest BCUT2D eigenvalue weighted by molar-refractivity contribution is 7.09. The first-order valence-corrected chi connectivity index (χ1v) is 11.2. The molecular formula is C23H18Cl2N4OS. The van der Waals surface area contributed by atoms with Crippen molar-refractivity contribution in [3.05, 3.63) is 73.3 Å². The van der Waals surface area contributed by atoms with Crippen LogP contribution in [0.3, 0.4) is 0 Å². The summed E-state index contributed by atoms with van der Waals surface area (Å²) >= 11 is 14.0. The lowest BCUT2D eigenvalue weighted by molar-refractivity contribution is 0.846. The summed E-state index contributed by atoms with van der Waals surface area (Å²) < 4.78 is 3.71. The van der Waals surface area contributed by atoms with Crippen LogP contribution in [0.2, 0.25) is 10.0 Å². The second-order valence-corrected chi connectivity index (χ2v) is 9.19. The maximum absolute atomic E-state index is 13.2. The van der Waals surface area contributed by atoms with Crippen molar-refractivity contribution >= 4 is 56.5 Å². The Hall–Kier alpha value is -2.64. The fraction of sp³-hybridized carbons (Fsp3) is 0.130. The van der Waals surface area contributed by atoms with Crippen LogP contribution in [0.5, 0.6) is 0 Å². The predicted octanol–water partition coefficient (Wildman–Crippen LogP) is 5.59. The number of aryl methyl sites for hydroxylation is 2. The number of rotatable bonds is 3. The lowest BCUT2D eigenvalue weighted by Crippen LogP contribution is -2.20. The van der Waals surface area contributed by atoms with E-state index in [1.165, 1.54) is 0 Å². The molecule has 156 valence electrons. The monoisotopic (exact) mass is 468 g/mol. The van der Waals surface area contributed by atoms with Crippen molar-refractivity contribution in [1.29, 1.82) is 0 Å². The Bertz CT molecular complexity index is 1550. The van der Waals surface area contributed by atoms with Gasteiger partial charge in [-0.1, -0.05) is 35.3 Å². The van der Waals surface area contributed by atoms with Gasteiger partial charge in [0.05, 0.1) is 16.2 Å². The molecule has 0 aliphatic heterocycles. The highest BCUT2D eigenvalue weighted by Gasteiger charge is 2.18. The van der Waals surface area contributed by atoms with Crippen molar-refractivity contribution in [2.75, 3.05) is 0 Å². The van der Waals surface area contributed by atoms with Gasteiger partial charge in [0.25, 0.3) is 5.56 Å². The molecule has 5 rings (SSSR count). The summed E-state index contributed by atoms with van der Waals surface area (Å²) in [6, 6.07) is 13.3. The molecule has 2 N–H and O–H groups in total. The second kappa shape index (κ2) is 7.50. The molecule has 3 aromatic heterocycles. The fourth-order valence-electron chi connectivity index (χ4n) is 4.09. The van der Waals surface area contributed by atoms with Crippen molar-refractivity contribution in [2.45, 2.75) is 6.54 Å². The van der Waals surface area contributed by atoms with Crippen LogP contribution in [-0.2, 0) is 20.6 Å². The van der Waals surface area contributed by atoms with Crippen LogP contribution in [0.4, 0.5) is 0 Å². The second-order valence-electron chi connectivity index (χ2n) is 7.41. The average molecular weight is 469 g/mol. The molecule has 0 bridgehead atoms. The molecule has 31 heavy (non-hydrogen) atoms. The normalized spacial score (nSPS) is 11.6. The molecule has 0 unspecified atom stereocenters. The third kappa shape index (κ3) is 3.18. The van der Waals surface area contributed by atoms with Crippen LogP contribution in [0.15, 0.2) is 52.6 Å². The van der Waals surface area contributed by atoms with Crippen molar-refractivity contribution in [3.63, 3.8) is 0 Å². The van der Waals surface area contributed by atoms with Gasteiger partial charge in [-0.15, -0.1) is 11.3 Å². The molecular weight excluding hydrogens is 451 g/mol. The number of nitrogens with zero attached hydrogens (tertiary/aromatic N) is 3. The summed E-state index contributed by atoms with van der Waals surface area (Å²) in [4.78, 5) is 17.8. The summed E-state index contributed by atoms with van der Waals surface area (Å²) in [6.45, 7) is 0.425. The Labute approximate surface area is 192 Å². The summed E-state index contributed by atoms with van der Waals surface area (Å²) in [6.07, 6.45) is 0. The molecule has 0 saturated heterocycles. The summed E-state index contributed by atoms with van der Waals surface area (Å²) in [5.74, 6) is 0. The number of hydrogen-bond donors (Lipinski definition) is 1. The van der Waals surface area contributed by atoms with Crippen LogP contribution in [-0.4, -0.2) is 14.1 Å². The van der Waals surface area contributed by atoms with Crippen molar-refractivity contribution in [1.82, 2.24) is 14.1 Å². The minimum absolute atomic E-state index is 0.116. The molecule has 5 aromatic rings. The molecule has 3 heterocycles. The number of thiazole rings is 1. The van der Waals surface area contributed by atoms with Crippen molar-refractivity contribution in [2.24, 2.45) is 19.8 Å². The van der Waals surface area contributed by atoms with Crippen LogP contribution in [0, 0.1) is 0 Å². The topological polar surface area (TPSA) is 65.8 Å². The third-order valence-electron chi connectivity index (χ3n) is 5.59. The maximum Gasteiger partial charge on any atom is 0.259 e. The standard InChI is InChI=1S/C23H18Cl2N4OS/c1-28-20-6-3-12(19-11-31-21(10-26)27-19)7-15(20)16-9-17(23(30)29(2)22(16)28)14-5-4-13(24)8-18(14)25/h3-9,11H,10,26H2,1-2H3. The molecule has 0 aliphatic carbocycles. The number of pyridine rings is 1. The lowest BCUT2D eigenvalue weighted by atomic mass is 10.0. The van der Waals surface area contributed by atoms with Gasteiger partial charge in [-0.05, 0) is 30.3 Å². The first-order valence-electron chi connectivity index (χ1n) is 9.61. The molecule has 5 nitrogen and oxygen atoms in total. The molecule has 0 aliphatic rings. The zero-order chi connectivity index (χ0) is 21.9. The highest BCUT2D eigenvalue weighted by Crippen LogP contribution is 2.35. The Morgan fingerprint density at radius 3 is 2.52 bits per heavy atom.